The Kier molecular flexibility index (Phi) is 8.58. The van der Waals surface area contributed by atoms with Crippen molar-refractivity contribution in [2.45, 2.75) is 39.5 Å². The smallest absolute Gasteiger partial charge is 0.330 e. The van der Waals surface area contributed by atoms with Gasteiger partial charge in [-0.2, -0.15) is 0 Å². The van der Waals surface area contributed by atoms with Gasteiger partial charge in [0.05, 0.1) is 0 Å². The van der Waals surface area contributed by atoms with Gasteiger partial charge in [0.25, 0.3) is 0 Å². The first-order chi connectivity index (χ1) is 9.03. The summed E-state index contributed by atoms with van der Waals surface area (Å²) in [5.41, 5.74) is -0.326. The van der Waals surface area contributed by atoms with Gasteiger partial charge in [-0.3, -0.25) is 0 Å². The van der Waals surface area contributed by atoms with Crippen LogP contribution in [0.5, 0.6) is 0 Å². The summed E-state index contributed by atoms with van der Waals surface area (Å²) >= 11 is 0. The summed E-state index contributed by atoms with van der Waals surface area (Å²) in [6, 6.07) is 0. The van der Waals surface area contributed by atoms with Crippen LogP contribution in [0.25, 0.3) is 0 Å². The number of hydrogen-bond donors (Lipinski definition) is 0. The molecule has 0 aromatic rings. The Morgan fingerprint density at radius 1 is 1.05 bits per heavy atom. The van der Waals surface area contributed by atoms with Crippen molar-refractivity contribution in [3.8, 4) is 0 Å². The third-order valence-corrected chi connectivity index (χ3v) is 3.19. The van der Waals surface area contributed by atoms with E-state index in [1.165, 1.54) is 0 Å². The molecule has 108 valence electrons. The molecule has 0 N–H and O–H groups in total. The molecule has 0 rings (SSSR count). The maximum atomic E-state index is 11.2. The molecule has 0 amide bonds. The van der Waals surface area contributed by atoms with Crippen LogP contribution in [0.15, 0.2) is 25.3 Å². The van der Waals surface area contributed by atoms with E-state index < -0.39 is 11.9 Å². The highest BCUT2D eigenvalue weighted by Gasteiger charge is 2.31. The van der Waals surface area contributed by atoms with Crippen molar-refractivity contribution in [1.29, 1.82) is 0 Å². The van der Waals surface area contributed by atoms with Gasteiger partial charge >= 0.3 is 11.9 Å². The van der Waals surface area contributed by atoms with Crippen molar-refractivity contribution in [2.24, 2.45) is 5.41 Å². The number of ether oxygens (including phenoxy) is 2. The molecule has 0 aliphatic rings. The van der Waals surface area contributed by atoms with E-state index in [1.54, 1.807) is 0 Å². The second-order valence-corrected chi connectivity index (χ2v) is 4.58. The second-order valence-electron chi connectivity index (χ2n) is 4.58. The molecule has 0 aromatic heterocycles. The lowest BCUT2D eigenvalue weighted by molar-refractivity contribution is -0.148. The molecular weight excluding hydrogens is 244 g/mol. The summed E-state index contributed by atoms with van der Waals surface area (Å²) in [4.78, 5) is 22.4. The van der Waals surface area contributed by atoms with Gasteiger partial charge in [-0.15, -0.1) is 0 Å². The van der Waals surface area contributed by atoms with Crippen LogP contribution >= 0.6 is 0 Å². The quantitative estimate of drug-likeness (QED) is 0.451. The van der Waals surface area contributed by atoms with E-state index in [4.69, 9.17) is 9.47 Å². The fourth-order valence-corrected chi connectivity index (χ4v) is 1.68. The molecule has 0 fully saturated rings. The van der Waals surface area contributed by atoms with Crippen LogP contribution in [0.2, 0.25) is 0 Å². The summed E-state index contributed by atoms with van der Waals surface area (Å²) in [7, 11) is 0. The van der Waals surface area contributed by atoms with E-state index >= 15 is 0 Å². The molecule has 0 heterocycles. The zero-order chi connectivity index (χ0) is 14.7. The molecule has 0 atom stereocenters. The SMILES string of the molecule is C=CC(=O)OCC(CC)(CCCC)COC(=O)C=C. The standard InChI is InChI=1S/C15H24O4/c1-5-9-10-15(8-4,11-18-13(16)6-2)12-19-14(17)7-3/h6-7H,2-3,5,8-12H2,1,4H3. The van der Waals surface area contributed by atoms with Crippen molar-refractivity contribution in [3.63, 3.8) is 0 Å². The minimum Gasteiger partial charge on any atom is -0.462 e. The second kappa shape index (κ2) is 9.36. The van der Waals surface area contributed by atoms with Crippen LogP contribution in [-0.4, -0.2) is 25.2 Å². The Hall–Kier alpha value is -1.58. The first kappa shape index (κ1) is 17.4. The first-order valence-electron chi connectivity index (χ1n) is 6.62. The molecule has 0 saturated heterocycles. The average molecular weight is 268 g/mol. The van der Waals surface area contributed by atoms with E-state index in [0.29, 0.717) is 0 Å². The van der Waals surface area contributed by atoms with Gasteiger partial charge in [-0.05, 0) is 12.8 Å². The van der Waals surface area contributed by atoms with Crippen LogP contribution in [-0.2, 0) is 19.1 Å². The number of hydrogen-bond acceptors (Lipinski definition) is 4. The van der Waals surface area contributed by atoms with Crippen LogP contribution in [0.3, 0.4) is 0 Å². The Morgan fingerprint density at radius 2 is 1.53 bits per heavy atom. The predicted octanol–water partition coefficient (Wildman–Crippen LogP) is 3.03. The molecule has 0 radical (unpaired) electrons. The van der Waals surface area contributed by atoms with Crippen molar-refractivity contribution in [2.75, 3.05) is 13.2 Å². The topological polar surface area (TPSA) is 52.6 Å². The maximum Gasteiger partial charge on any atom is 0.330 e. The summed E-state index contributed by atoms with van der Waals surface area (Å²) in [5, 5.41) is 0. The normalized spacial score (nSPS) is 10.6. The monoisotopic (exact) mass is 268 g/mol. The van der Waals surface area contributed by atoms with Gasteiger partial charge in [0.15, 0.2) is 0 Å². The minimum atomic E-state index is -0.454. The highest BCUT2D eigenvalue weighted by Crippen LogP contribution is 2.30. The Morgan fingerprint density at radius 3 is 1.84 bits per heavy atom. The zero-order valence-electron chi connectivity index (χ0n) is 11.9. The predicted molar refractivity (Wildman–Crippen MR) is 74.6 cm³/mol. The Bertz CT molecular complexity index is 296. The lowest BCUT2D eigenvalue weighted by atomic mass is 9.81. The molecule has 0 aliphatic heterocycles. The number of rotatable bonds is 10. The molecule has 4 nitrogen and oxygen atoms in total. The summed E-state index contributed by atoms with van der Waals surface area (Å²) in [6.07, 6.45) is 5.90. The van der Waals surface area contributed by atoms with Gasteiger partial charge in [-0.25, -0.2) is 9.59 Å². The van der Waals surface area contributed by atoms with Gasteiger partial charge in [0.1, 0.15) is 13.2 Å². The maximum absolute atomic E-state index is 11.2. The largest absolute Gasteiger partial charge is 0.462 e. The van der Waals surface area contributed by atoms with E-state index in [2.05, 4.69) is 20.1 Å². The third-order valence-electron chi connectivity index (χ3n) is 3.19. The van der Waals surface area contributed by atoms with E-state index in [-0.39, 0.29) is 18.6 Å². The minimum absolute atomic E-state index is 0.235. The van der Waals surface area contributed by atoms with Gasteiger partial charge in [-0.1, -0.05) is 39.8 Å². The molecule has 0 aromatic carbocycles. The van der Waals surface area contributed by atoms with Crippen LogP contribution in [0, 0.1) is 5.41 Å². The van der Waals surface area contributed by atoms with Gasteiger partial charge < -0.3 is 9.47 Å². The van der Waals surface area contributed by atoms with Crippen LogP contribution in [0.4, 0.5) is 0 Å². The molecule has 0 spiro atoms. The number of unbranched alkanes of at least 4 members (excludes halogenated alkanes) is 1. The lowest BCUT2D eigenvalue weighted by Gasteiger charge is -2.31. The summed E-state index contributed by atoms with van der Waals surface area (Å²) in [5.74, 6) is -0.909. The average Bonchev–Trinajstić information content (AvgIpc) is 2.46. The summed E-state index contributed by atoms with van der Waals surface area (Å²) < 4.78 is 10.3. The highest BCUT2D eigenvalue weighted by atomic mass is 16.5. The van der Waals surface area contributed by atoms with Crippen LogP contribution in [0.1, 0.15) is 39.5 Å². The van der Waals surface area contributed by atoms with E-state index in [9.17, 15) is 9.59 Å². The Balaban J connectivity index is 4.64. The molecule has 4 heteroatoms. The van der Waals surface area contributed by atoms with Gasteiger partial charge in [0, 0.05) is 17.6 Å². The number of carbonyl (C=O) groups is 2. The molecule has 0 saturated carbocycles. The van der Waals surface area contributed by atoms with Crippen molar-refractivity contribution < 1.29 is 19.1 Å². The van der Waals surface area contributed by atoms with Crippen molar-refractivity contribution in [3.05, 3.63) is 25.3 Å². The van der Waals surface area contributed by atoms with Crippen molar-refractivity contribution in [1.82, 2.24) is 0 Å². The van der Waals surface area contributed by atoms with Crippen molar-refractivity contribution >= 4 is 11.9 Å². The Labute approximate surface area is 115 Å². The summed E-state index contributed by atoms with van der Waals surface area (Å²) in [6.45, 7) is 11.3. The fourth-order valence-electron chi connectivity index (χ4n) is 1.68. The van der Waals surface area contributed by atoms with E-state index in [0.717, 1.165) is 37.8 Å². The molecule has 0 aliphatic carbocycles. The van der Waals surface area contributed by atoms with Crippen LogP contribution < -0.4 is 0 Å². The number of carbonyl (C=O) groups excluding carboxylic acids is 2. The fraction of sp³-hybridized carbons (Fsp3) is 0.600. The zero-order valence-corrected chi connectivity index (χ0v) is 11.9. The third kappa shape index (κ3) is 6.79. The molecular formula is C15H24O4. The van der Waals surface area contributed by atoms with E-state index in [1.807, 2.05) is 6.92 Å². The first-order valence-corrected chi connectivity index (χ1v) is 6.62. The number of esters is 2. The lowest BCUT2D eigenvalue weighted by Crippen LogP contribution is -2.33. The highest BCUT2D eigenvalue weighted by molar-refractivity contribution is 5.81. The molecule has 0 bridgehead atoms. The molecule has 19 heavy (non-hydrogen) atoms. The molecule has 0 unspecified atom stereocenters. The van der Waals surface area contributed by atoms with Gasteiger partial charge in [0.2, 0.25) is 0 Å².